The third kappa shape index (κ3) is 2.90. The molecule has 0 atom stereocenters. The van der Waals surface area contributed by atoms with Crippen LogP contribution in [-0.2, 0) is 7.05 Å². The maximum absolute atomic E-state index is 13.2. The molecule has 1 amide bonds. The van der Waals surface area contributed by atoms with E-state index in [1.165, 1.54) is 0 Å². The highest BCUT2D eigenvalue weighted by molar-refractivity contribution is 6.00. The molecule has 0 bridgehead atoms. The van der Waals surface area contributed by atoms with Crippen LogP contribution in [0.15, 0.2) is 42.9 Å². The Morgan fingerprint density at radius 1 is 1.08 bits per heavy atom. The van der Waals surface area contributed by atoms with Gasteiger partial charge in [-0.15, -0.1) is 0 Å². The summed E-state index contributed by atoms with van der Waals surface area (Å²) in [5.41, 5.74) is 2.42. The minimum Gasteiger partial charge on any atom is -0.357 e. The van der Waals surface area contributed by atoms with Crippen LogP contribution in [0.2, 0.25) is 0 Å². The lowest BCUT2D eigenvalue weighted by Crippen LogP contribution is -2.50. The van der Waals surface area contributed by atoms with E-state index in [1.807, 2.05) is 63.8 Å². The van der Waals surface area contributed by atoms with E-state index in [2.05, 4.69) is 18.7 Å². The molecule has 1 saturated heterocycles. The predicted octanol–water partition coefficient (Wildman–Crippen LogP) is 2.51. The number of aromatic nitrogens is 3. The molecule has 6 nitrogen and oxygen atoms in total. The Bertz CT molecular complexity index is 931. The van der Waals surface area contributed by atoms with Crippen LogP contribution in [-0.4, -0.2) is 61.9 Å². The highest BCUT2D eigenvalue weighted by atomic mass is 16.2. The van der Waals surface area contributed by atoms with Crippen molar-refractivity contribution < 1.29 is 4.79 Å². The van der Waals surface area contributed by atoms with Gasteiger partial charge in [0.05, 0.1) is 5.52 Å². The van der Waals surface area contributed by atoms with Gasteiger partial charge in [-0.2, -0.15) is 0 Å². The van der Waals surface area contributed by atoms with Gasteiger partial charge in [-0.25, -0.2) is 4.98 Å². The molecule has 1 aliphatic rings. The average Bonchev–Trinajstić information content (AvgIpc) is 3.25. The van der Waals surface area contributed by atoms with Crippen molar-refractivity contribution in [2.45, 2.75) is 19.9 Å². The van der Waals surface area contributed by atoms with Crippen molar-refractivity contribution in [3.63, 3.8) is 0 Å². The zero-order chi connectivity index (χ0) is 18.3. The first-order valence-electron chi connectivity index (χ1n) is 9.17. The van der Waals surface area contributed by atoms with Gasteiger partial charge in [0, 0.05) is 63.4 Å². The molecule has 136 valence electrons. The Hall–Kier alpha value is -2.60. The number of carbonyl (C=O) groups is 1. The van der Waals surface area contributed by atoms with Gasteiger partial charge < -0.3 is 9.47 Å². The molecule has 0 unspecified atom stereocenters. The summed E-state index contributed by atoms with van der Waals surface area (Å²) in [7, 11) is 1.99. The van der Waals surface area contributed by atoms with Gasteiger partial charge in [0.15, 0.2) is 5.69 Å². The molecule has 0 radical (unpaired) electrons. The van der Waals surface area contributed by atoms with Crippen LogP contribution in [0.5, 0.6) is 0 Å². The van der Waals surface area contributed by atoms with E-state index in [0.29, 0.717) is 11.7 Å². The van der Waals surface area contributed by atoms with Crippen molar-refractivity contribution in [3.8, 4) is 11.4 Å². The fraction of sp³-hybridized carbons (Fsp3) is 0.400. The number of fused-ring (bicyclic) bond motifs is 1. The van der Waals surface area contributed by atoms with Crippen LogP contribution >= 0.6 is 0 Å². The quantitative estimate of drug-likeness (QED) is 0.728. The Kier molecular flexibility index (Phi) is 4.28. The van der Waals surface area contributed by atoms with Crippen LogP contribution in [0.25, 0.3) is 16.9 Å². The minimum atomic E-state index is 0.0271. The maximum atomic E-state index is 13.2. The van der Waals surface area contributed by atoms with Crippen LogP contribution in [0.4, 0.5) is 0 Å². The molecular weight excluding hydrogens is 326 g/mol. The number of rotatable bonds is 3. The van der Waals surface area contributed by atoms with Gasteiger partial charge in [0.1, 0.15) is 5.82 Å². The SMILES string of the molecule is CC(C)N1CCN(C(=O)c2nc(-c3ccn(C)c3)n3ccccc23)CC1. The maximum Gasteiger partial charge on any atom is 0.274 e. The summed E-state index contributed by atoms with van der Waals surface area (Å²) in [6.45, 7) is 7.74. The molecule has 4 heterocycles. The Morgan fingerprint density at radius 2 is 1.85 bits per heavy atom. The summed E-state index contributed by atoms with van der Waals surface area (Å²) in [6, 6.07) is 8.44. The van der Waals surface area contributed by atoms with Gasteiger partial charge in [-0.1, -0.05) is 6.07 Å². The van der Waals surface area contributed by atoms with Crippen molar-refractivity contribution in [3.05, 3.63) is 48.5 Å². The number of carbonyl (C=O) groups excluding carboxylic acids is 1. The van der Waals surface area contributed by atoms with E-state index >= 15 is 0 Å². The molecule has 3 aromatic rings. The number of pyridine rings is 1. The molecule has 0 saturated carbocycles. The molecule has 4 rings (SSSR count). The van der Waals surface area contributed by atoms with Crippen molar-refractivity contribution in [2.75, 3.05) is 26.2 Å². The summed E-state index contributed by atoms with van der Waals surface area (Å²) < 4.78 is 4.00. The third-order valence-electron chi connectivity index (χ3n) is 5.17. The van der Waals surface area contributed by atoms with Gasteiger partial charge in [-0.3, -0.25) is 14.1 Å². The summed E-state index contributed by atoms with van der Waals surface area (Å²) in [4.78, 5) is 22.3. The van der Waals surface area contributed by atoms with E-state index in [-0.39, 0.29) is 5.91 Å². The van der Waals surface area contributed by atoms with Crippen molar-refractivity contribution in [2.24, 2.45) is 7.05 Å². The van der Waals surface area contributed by atoms with E-state index in [9.17, 15) is 4.79 Å². The highest BCUT2D eigenvalue weighted by Crippen LogP contribution is 2.24. The fourth-order valence-corrected chi connectivity index (χ4v) is 3.63. The molecule has 0 spiro atoms. The first kappa shape index (κ1) is 16.8. The number of hydrogen-bond acceptors (Lipinski definition) is 3. The molecule has 1 aliphatic heterocycles. The number of amides is 1. The van der Waals surface area contributed by atoms with Gasteiger partial charge in [-0.05, 0) is 32.0 Å². The lowest BCUT2D eigenvalue weighted by molar-refractivity contribution is 0.0592. The minimum absolute atomic E-state index is 0.0271. The number of aryl methyl sites for hydroxylation is 1. The van der Waals surface area contributed by atoms with Crippen molar-refractivity contribution in [1.29, 1.82) is 0 Å². The van der Waals surface area contributed by atoms with Crippen molar-refractivity contribution >= 4 is 11.4 Å². The van der Waals surface area contributed by atoms with E-state index in [0.717, 1.165) is 43.1 Å². The smallest absolute Gasteiger partial charge is 0.274 e. The van der Waals surface area contributed by atoms with E-state index < -0.39 is 0 Å². The summed E-state index contributed by atoms with van der Waals surface area (Å²) in [5.74, 6) is 0.838. The molecule has 0 aromatic carbocycles. The fourth-order valence-electron chi connectivity index (χ4n) is 3.63. The van der Waals surface area contributed by atoms with Gasteiger partial charge >= 0.3 is 0 Å². The van der Waals surface area contributed by atoms with E-state index in [1.54, 1.807) is 0 Å². The normalized spacial score (nSPS) is 15.9. The van der Waals surface area contributed by atoms with Gasteiger partial charge in [0.2, 0.25) is 0 Å². The third-order valence-corrected chi connectivity index (χ3v) is 5.17. The Morgan fingerprint density at radius 3 is 2.50 bits per heavy atom. The Labute approximate surface area is 153 Å². The number of piperazine rings is 1. The standard InChI is InChI=1S/C20H25N5O/c1-15(2)23-10-12-24(13-11-23)20(26)18-17-6-4-5-8-25(17)19(21-18)16-7-9-22(3)14-16/h4-9,14-15H,10-13H2,1-3H3. The molecular formula is C20H25N5O. The van der Waals surface area contributed by atoms with Crippen LogP contribution in [0.1, 0.15) is 24.3 Å². The van der Waals surface area contributed by atoms with Crippen LogP contribution in [0, 0.1) is 0 Å². The van der Waals surface area contributed by atoms with Crippen molar-refractivity contribution in [1.82, 2.24) is 23.8 Å². The number of imidazole rings is 1. The topological polar surface area (TPSA) is 45.8 Å². The first-order valence-corrected chi connectivity index (χ1v) is 9.17. The van der Waals surface area contributed by atoms with E-state index in [4.69, 9.17) is 4.98 Å². The summed E-state index contributed by atoms with van der Waals surface area (Å²) in [6.07, 6.45) is 5.99. The molecule has 26 heavy (non-hydrogen) atoms. The second kappa shape index (κ2) is 6.61. The Balaban J connectivity index is 1.68. The molecule has 3 aromatic heterocycles. The summed E-state index contributed by atoms with van der Waals surface area (Å²) >= 11 is 0. The zero-order valence-corrected chi connectivity index (χ0v) is 15.6. The van der Waals surface area contributed by atoms with Gasteiger partial charge in [0.25, 0.3) is 5.91 Å². The predicted molar refractivity (Wildman–Crippen MR) is 102 cm³/mol. The molecule has 0 aliphatic carbocycles. The monoisotopic (exact) mass is 351 g/mol. The van der Waals surface area contributed by atoms with Crippen LogP contribution in [0.3, 0.4) is 0 Å². The number of nitrogens with zero attached hydrogens (tertiary/aromatic N) is 5. The molecule has 0 N–H and O–H groups in total. The zero-order valence-electron chi connectivity index (χ0n) is 15.6. The summed E-state index contributed by atoms with van der Waals surface area (Å²) in [5, 5.41) is 0. The lowest BCUT2D eigenvalue weighted by Gasteiger charge is -2.36. The van der Waals surface area contributed by atoms with Crippen LogP contribution < -0.4 is 0 Å². The second-order valence-electron chi connectivity index (χ2n) is 7.23. The largest absolute Gasteiger partial charge is 0.357 e. The molecule has 1 fully saturated rings. The second-order valence-corrected chi connectivity index (χ2v) is 7.23. The first-order chi connectivity index (χ1) is 12.5. The highest BCUT2D eigenvalue weighted by Gasteiger charge is 2.27. The lowest BCUT2D eigenvalue weighted by atomic mass is 10.2. The number of hydrogen-bond donors (Lipinski definition) is 0. The average molecular weight is 351 g/mol. The molecule has 6 heteroatoms.